The summed E-state index contributed by atoms with van der Waals surface area (Å²) in [5, 5.41) is 2.98. The number of rotatable bonds is 8. The first kappa shape index (κ1) is 20.0. The van der Waals surface area contributed by atoms with Gasteiger partial charge in [-0.2, -0.15) is 0 Å². The Hall–Kier alpha value is -0.01000. The zero-order chi connectivity index (χ0) is 15.7. The number of nitrogens with one attached hydrogen (secondary N) is 1. The van der Waals surface area contributed by atoms with Crippen molar-refractivity contribution in [3.63, 3.8) is 0 Å². The Kier molecular flexibility index (Phi) is 10.7. The second-order valence-corrected chi connectivity index (χ2v) is 11.0. The number of amides is 1. The number of guanidine groups is 1. The highest BCUT2D eigenvalue weighted by Gasteiger charge is 2.09. The number of hydrogen-bond donors (Lipinski definition) is 2. The average Bonchev–Trinajstić information content (AvgIpc) is 2.26. The largest absolute Gasteiger partial charge is 0.370 e. The van der Waals surface area contributed by atoms with Gasteiger partial charge in [-0.15, -0.1) is 0 Å². The van der Waals surface area contributed by atoms with Gasteiger partial charge in [-0.25, -0.2) is 4.76 Å². The summed E-state index contributed by atoms with van der Waals surface area (Å²) in [5.41, 5.74) is 5.86. The summed E-state index contributed by atoms with van der Waals surface area (Å²) in [5.74, 6) is 0.624. The number of nitrogens with two attached hydrogens (primary N) is 1. The quantitative estimate of drug-likeness (QED) is 0.394. The zero-order valence-electron chi connectivity index (χ0n) is 12.8. The third kappa shape index (κ3) is 10.7. The van der Waals surface area contributed by atoms with Crippen LogP contribution in [0, 0.1) is 0 Å². The fraction of sp³-hybridized carbons (Fsp3) is 0.818. The van der Waals surface area contributed by atoms with E-state index in [1.54, 1.807) is 0 Å². The van der Waals surface area contributed by atoms with E-state index in [9.17, 15) is 4.79 Å². The molecular weight excluding hydrogens is 311 g/mol. The van der Waals surface area contributed by atoms with Crippen molar-refractivity contribution in [1.82, 2.24) is 15.1 Å². The summed E-state index contributed by atoms with van der Waals surface area (Å²) >= 11 is 0. The summed E-state index contributed by atoms with van der Waals surface area (Å²) < 4.78 is 4.29. The SMILES string of the molecule is C[C@H](CCCN(C)/C(N)=N/P(P)P)NC(=O)CN(C)C. The fourth-order valence-corrected chi connectivity index (χ4v) is 2.72. The van der Waals surface area contributed by atoms with Crippen LogP contribution < -0.4 is 11.1 Å². The summed E-state index contributed by atoms with van der Waals surface area (Å²) in [7, 11) is 10.4. The normalized spacial score (nSPS) is 13.7. The molecule has 2 unspecified atom stereocenters. The maximum Gasteiger partial charge on any atom is 0.234 e. The number of carbonyl (C=O) groups is 1. The first-order chi connectivity index (χ1) is 9.22. The van der Waals surface area contributed by atoms with Crippen LogP contribution in [-0.4, -0.2) is 61.9 Å². The van der Waals surface area contributed by atoms with E-state index in [0.717, 1.165) is 19.4 Å². The number of nitrogens with zero attached hydrogens (tertiary/aromatic N) is 3. The van der Waals surface area contributed by atoms with E-state index in [0.29, 0.717) is 12.5 Å². The van der Waals surface area contributed by atoms with Gasteiger partial charge in [0.1, 0.15) is 0 Å². The first-order valence-corrected chi connectivity index (χ1v) is 11.0. The van der Waals surface area contributed by atoms with Crippen molar-refractivity contribution in [2.75, 3.05) is 34.2 Å². The molecule has 0 radical (unpaired) electrons. The van der Waals surface area contributed by atoms with E-state index in [2.05, 4.69) is 27.9 Å². The molecule has 0 aliphatic carbocycles. The molecule has 0 spiro atoms. The smallest absolute Gasteiger partial charge is 0.234 e. The van der Waals surface area contributed by atoms with Crippen LogP contribution in [0.5, 0.6) is 0 Å². The van der Waals surface area contributed by atoms with E-state index >= 15 is 0 Å². The number of hydrogen-bond acceptors (Lipinski definition) is 3. The first-order valence-electron chi connectivity index (χ1n) is 6.51. The molecule has 0 rings (SSSR count). The van der Waals surface area contributed by atoms with Crippen LogP contribution in [0.15, 0.2) is 4.76 Å². The highest BCUT2D eigenvalue weighted by molar-refractivity contribution is 8.42. The molecule has 118 valence electrons. The molecule has 20 heavy (non-hydrogen) atoms. The molecule has 0 saturated heterocycles. The van der Waals surface area contributed by atoms with Crippen molar-refractivity contribution in [3.05, 3.63) is 0 Å². The predicted octanol–water partition coefficient (Wildman–Crippen LogP) is 1.06. The Morgan fingerprint density at radius 3 is 2.50 bits per heavy atom. The summed E-state index contributed by atoms with van der Waals surface area (Å²) in [4.78, 5) is 15.4. The highest BCUT2D eigenvalue weighted by Crippen LogP contribution is 2.53. The lowest BCUT2D eigenvalue weighted by Gasteiger charge is -2.20. The van der Waals surface area contributed by atoms with E-state index in [1.807, 2.05) is 37.9 Å². The van der Waals surface area contributed by atoms with Gasteiger partial charge in [0.2, 0.25) is 5.91 Å². The van der Waals surface area contributed by atoms with Gasteiger partial charge in [-0.05, 0) is 33.9 Å². The van der Waals surface area contributed by atoms with Crippen LogP contribution in [-0.2, 0) is 4.79 Å². The lowest BCUT2D eigenvalue weighted by atomic mass is 10.2. The van der Waals surface area contributed by atoms with E-state index in [4.69, 9.17) is 5.73 Å². The summed E-state index contributed by atoms with van der Waals surface area (Å²) in [6.07, 6.45) is 1.88. The average molecular weight is 339 g/mol. The van der Waals surface area contributed by atoms with Crippen LogP contribution in [0.2, 0.25) is 0 Å². The Labute approximate surface area is 128 Å². The molecule has 3 atom stereocenters. The minimum Gasteiger partial charge on any atom is -0.370 e. The predicted molar refractivity (Wildman–Crippen MR) is 96.0 cm³/mol. The zero-order valence-corrected chi connectivity index (χ0v) is 16.0. The van der Waals surface area contributed by atoms with Crippen LogP contribution in [0.25, 0.3) is 0 Å². The maximum atomic E-state index is 11.6. The molecule has 0 aliphatic heterocycles. The fourth-order valence-electron chi connectivity index (χ4n) is 1.62. The van der Waals surface area contributed by atoms with E-state index in [1.165, 1.54) is 0 Å². The Balaban J connectivity index is 3.91. The van der Waals surface area contributed by atoms with Crippen LogP contribution in [0.1, 0.15) is 19.8 Å². The van der Waals surface area contributed by atoms with Crippen molar-refractivity contribution in [1.29, 1.82) is 0 Å². The van der Waals surface area contributed by atoms with Crippen LogP contribution in [0.3, 0.4) is 0 Å². The standard InChI is InChI=1S/C11H28N5OP3/c1-9(13-10(17)8-15(2)3)6-5-7-16(4)11(12)14-20(18)19/h9H,5-8,18-19H2,1-4H3,(H2,12,14)(H,13,17)/t9-/m1/s1. The number of likely N-dealkylation sites (N-methyl/N-ethyl adjacent to an activating group) is 1. The number of carbonyl (C=O) groups excluding carboxylic acids is 1. The monoisotopic (exact) mass is 339 g/mol. The third-order valence-electron chi connectivity index (χ3n) is 2.61. The van der Waals surface area contributed by atoms with Crippen molar-refractivity contribution in [3.8, 4) is 0 Å². The molecule has 6 nitrogen and oxygen atoms in total. The van der Waals surface area contributed by atoms with Crippen molar-refractivity contribution in [2.24, 2.45) is 10.5 Å². The van der Waals surface area contributed by atoms with Gasteiger partial charge in [0, 0.05) is 19.6 Å². The molecule has 9 heteroatoms. The Bertz CT molecular complexity index is 325. The Morgan fingerprint density at radius 2 is 2.00 bits per heavy atom. The van der Waals surface area contributed by atoms with Gasteiger partial charge in [0.05, 0.1) is 14.0 Å². The van der Waals surface area contributed by atoms with Crippen LogP contribution >= 0.6 is 25.3 Å². The molecule has 1 amide bonds. The molecule has 3 N–H and O–H groups in total. The van der Waals surface area contributed by atoms with Gasteiger partial charge in [0.25, 0.3) is 0 Å². The molecule has 0 saturated carbocycles. The van der Waals surface area contributed by atoms with Gasteiger partial charge < -0.3 is 20.9 Å². The van der Waals surface area contributed by atoms with Crippen molar-refractivity contribution in [2.45, 2.75) is 25.8 Å². The second kappa shape index (κ2) is 10.7. The molecule has 0 aliphatic rings. The van der Waals surface area contributed by atoms with Gasteiger partial charge in [-0.1, -0.05) is 17.9 Å². The topological polar surface area (TPSA) is 74.0 Å². The minimum absolute atomic E-state index is 0.0635. The van der Waals surface area contributed by atoms with Crippen molar-refractivity contribution < 1.29 is 4.79 Å². The molecule has 0 heterocycles. The van der Waals surface area contributed by atoms with Crippen molar-refractivity contribution >= 4 is 37.2 Å². The molecule has 0 aromatic rings. The maximum absolute atomic E-state index is 11.6. The lowest BCUT2D eigenvalue weighted by molar-refractivity contribution is -0.122. The lowest BCUT2D eigenvalue weighted by Crippen LogP contribution is -2.39. The van der Waals surface area contributed by atoms with Gasteiger partial charge in [-0.3, -0.25) is 4.79 Å². The van der Waals surface area contributed by atoms with E-state index < -0.39 is 7.45 Å². The molecule has 0 aromatic carbocycles. The van der Waals surface area contributed by atoms with Gasteiger partial charge in [0.15, 0.2) is 5.96 Å². The molecule has 0 fully saturated rings. The minimum atomic E-state index is -0.527. The third-order valence-corrected chi connectivity index (χ3v) is 3.74. The molecule has 0 bridgehead atoms. The molecular formula is C11H28N5OP3. The summed E-state index contributed by atoms with van der Waals surface area (Å²) in [6.45, 7) is 3.28. The van der Waals surface area contributed by atoms with E-state index in [-0.39, 0.29) is 11.9 Å². The summed E-state index contributed by atoms with van der Waals surface area (Å²) in [6, 6.07) is 0.176. The highest BCUT2D eigenvalue weighted by atomic mass is 32.4. The Morgan fingerprint density at radius 1 is 1.40 bits per heavy atom. The second-order valence-electron chi connectivity index (χ2n) is 5.11. The molecule has 0 aromatic heterocycles. The van der Waals surface area contributed by atoms with Gasteiger partial charge >= 0.3 is 0 Å². The van der Waals surface area contributed by atoms with Crippen LogP contribution in [0.4, 0.5) is 0 Å².